The van der Waals surface area contributed by atoms with Gasteiger partial charge in [-0.1, -0.05) is 35.9 Å². The minimum atomic E-state index is -3.44. The van der Waals surface area contributed by atoms with E-state index in [1.165, 1.54) is 7.05 Å². The van der Waals surface area contributed by atoms with Crippen molar-refractivity contribution in [2.75, 3.05) is 7.05 Å². The van der Waals surface area contributed by atoms with Crippen molar-refractivity contribution < 1.29 is 13.2 Å². The number of hydrogen-bond acceptors (Lipinski definition) is 3. The van der Waals surface area contributed by atoms with Crippen molar-refractivity contribution in [2.45, 2.75) is 36.6 Å². The van der Waals surface area contributed by atoms with Crippen molar-refractivity contribution in [3.63, 3.8) is 0 Å². The van der Waals surface area contributed by atoms with Gasteiger partial charge in [-0.3, -0.25) is 4.79 Å². The molecule has 1 unspecified atom stereocenters. The number of hydrogen-bond donors (Lipinski definition) is 2. The maximum absolute atomic E-state index is 12.4. The van der Waals surface area contributed by atoms with Crippen LogP contribution in [-0.4, -0.2) is 21.4 Å². The Morgan fingerprint density at radius 1 is 1.11 bits per heavy atom. The molecule has 2 aromatic rings. The molecule has 1 aliphatic carbocycles. The van der Waals surface area contributed by atoms with Crippen molar-refractivity contribution >= 4 is 27.5 Å². The van der Waals surface area contributed by atoms with E-state index in [4.69, 9.17) is 11.6 Å². The van der Waals surface area contributed by atoms with E-state index in [1.54, 1.807) is 24.3 Å². The molecule has 0 saturated heterocycles. The van der Waals surface area contributed by atoms with Crippen LogP contribution in [0.3, 0.4) is 0 Å². The fourth-order valence-corrected chi connectivity index (χ4v) is 3.89. The SMILES string of the molecule is CNS(=O)(=O)c1ccc(CCC(=O)NC(c2ccc(Cl)cc2)C2CC2)cc1. The topological polar surface area (TPSA) is 75.3 Å². The van der Waals surface area contributed by atoms with Crippen LogP contribution >= 0.6 is 11.6 Å². The zero-order valence-electron chi connectivity index (χ0n) is 15.1. The normalized spacial score (nSPS) is 15.3. The van der Waals surface area contributed by atoms with E-state index in [0.29, 0.717) is 23.8 Å². The van der Waals surface area contributed by atoms with Crippen LogP contribution in [0.2, 0.25) is 5.02 Å². The van der Waals surface area contributed by atoms with E-state index in [2.05, 4.69) is 10.0 Å². The molecule has 3 rings (SSSR count). The summed E-state index contributed by atoms with van der Waals surface area (Å²) in [5, 5.41) is 3.83. The molecule has 0 bridgehead atoms. The third-order valence-electron chi connectivity index (χ3n) is 4.78. The molecular formula is C20H23ClN2O3S. The van der Waals surface area contributed by atoms with E-state index in [1.807, 2.05) is 24.3 Å². The highest BCUT2D eigenvalue weighted by molar-refractivity contribution is 7.89. The van der Waals surface area contributed by atoms with Gasteiger partial charge in [-0.05, 0) is 67.6 Å². The van der Waals surface area contributed by atoms with Crippen molar-refractivity contribution in [1.29, 1.82) is 0 Å². The lowest BCUT2D eigenvalue weighted by molar-refractivity contribution is -0.122. The van der Waals surface area contributed by atoms with Gasteiger partial charge in [0, 0.05) is 11.4 Å². The smallest absolute Gasteiger partial charge is 0.240 e. The zero-order chi connectivity index (χ0) is 19.4. The van der Waals surface area contributed by atoms with Crippen LogP contribution in [0.15, 0.2) is 53.4 Å². The molecule has 0 aliphatic heterocycles. The number of amides is 1. The van der Waals surface area contributed by atoms with Crippen molar-refractivity contribution in [1.82, 2.24) is 10.0 Å². The Morgan fingerprint density at radius 2 is 1.74 bits per heavy atom. The standard InChI is InChI=1S/C20H23ClN2O3S/c1-22-27(25,26)18-11-2-14(3-12-18)4-13-19(24)23-20(15-5-6-15)16-7-9-17(21)10-8-16/h2-3,7-12,15,20,22H,4-6,13H2,1H3,(H,23,24). The highest BCUT2D eigenvalue weighted by Gasteiger charge is 2.33. The second-order valence-corrected chi connectivity index (χ2v) is 9.11. The molecular weight excluding hydrogens is 384 g/mol. The number of sulfonamides is 1. The first kappa shape index (κ1) is 19.9. The van der Waals surface area contributed by atoms with Crippen LogP contribution in [0, 0.1) is 5.92 Å². The summed E-state index contributed by atoms with van der Waals surface area (Å²) in [4.78, 5) is 12.6. The highest BCUT2D eigenvalue weighted by Crippen LogP contribution is 2.41. The maximum Gasteiger partial charge on any atom is 0.240 e. The molecule has 27 heavy (non-hydrogen) atoms. The molecule has 1 atom stereocenters. The lowest BCUT2D eigenvalue weighted by Crippen LogP contribution is -2.30. The molecule has 1 amide bonds. The van der Waals surface area contributed by atoms with E-state index >= 15 is 0 Å². The largest absolute Gasteiger partial charge is 0.349 e. The van der Waals surface area contributed by atoms with Crippen molar-refractivity contribution in [3.8, 4) is 0 Å². The number of aryl methyl sites for hydroxylation is 1. The molecule has 0 spiro atoms. The van der Waals surface area contributed by atoms with Crippen LogP contribution in [0.25, 0.3) is 0 Å². The van der Waals surface area contributed by atoms with Gasteiger partial charge in [0.25, 0.3) is 0 Å². The quantitative estimate of drug-likeness (QED) is 0.705. The molecule has 1 saturated carbocycles. The van der Waals surface area contributed by atoms with Gasteiger partial charge in [-0.15, -0.1) is 0 Å². The first-order valence-corrected chi connectivity index (χ1v) is 10.8. The monoisotopic (exact) mass is 406 g/mol. The summed E-state index contributed by atoms with van der Waals surface area (Å²) in [6.07, 6.45) is 3.16. The van der Waals surface area contributed by atoms with Gasteiger partial charge in [0.1, 0.15) is 0 Å². The average molecular weight is 407 g/mol. The van der Waals surface area contributed by atoms with Gasteiger partial charge in [-0.2, -0.15) is 0 Å². The number of nitrogens with one attached hydrogen (secondary N) is 2. The lowest BCUT2D eigenvalue weighted by Gasteiger charge is -2.19. The molecule has 0 radical (unpaired) electrons. The minimum absolute atomic E-state index is 0.00577. The van der Waals surface area contributed by atoms with E-state index in [9.17, 15) is 13.2 Å². The molecule has 5 nitrogen and oxygen atoms in total. The number of halogens is 1. The summed E-state index contributed by atoms with van der Waals surface area (Å²) in [5.41, 5.74) is 2.01. The summed E-state index contributed by atoms with van der Waals surface area (Å²) in [6, 6.07) is 14.2. The Morgan fingerprint density at radius 3 is 2.30 bits per heavy atom. The first-order chi connectivity index (χ1) is 12.9. The summed E-state index contributed by atoms with van der Waals surface area (Å²) < 4.78 is 25.8. The zero-order valence-corrected chi connectivity index (χ0v) is 16.7. The molecule has 0 heterocycles. The van der Waals surface area contributed by atoms with Crippen LogP contribution in [0.4, 0.5) is 0 Å². The molecule has 1 fully saturated rings. The Bertz CT molecular complexity index is 892. The van der Waals surface area contributed by atoms with Gasteiger partial charge >= 0.3 is 0 Å². The molecule has 144 valence electrons. The van der Waals surface area contributed by atoms with Gasteiger partial charge in [-0.25, -0.2) is 13.1 Å². The molecule has 2 aromatic carbocycles. The third kappa shape index (κ3) is 5.31. The fraction of sp³-hybridized carbons (Fsp3) is 0.350. The molecule has 0 aromatic heterocycles. The summed E-state index contributed by atoms with van der Waals surface area (Å²) in [7, 11) is -2.06. The van der Waals surface area contributed by atoms with Gasteiger partial charge in [0.15, 0.2) is 0 Å². The van der Waals surface area contributed by atoms with Gasteiger partial charge < -0.3 is 5.32 Å². The molecule has 1 aliphatic rings. The average Bonchev–Trinajstić information content (AvgIpc) is 3.51. The number of carbonyl (C=O) groups is 1. The fourth-order valence-electron chi connectivity index (χ4n) is 3.03. The van der Waals surface area contributed by atoms with Crippen LogP contribution in [0.5, 0.6) is 0 Å². The highest BCUT2D eigenvalue weighted by atomic mass is 35.5. The number of rotatable bonds is 8. The molecule has 7 heteroatoms. The molecule has 2 N–H and O–H groups in total. The Labute approximate surface area is 165 Å². The van der Waals surface area contributed by atoms with Crippen LogP contribution in [0.1, 0.15) is 36.4 Å². The van der Waals surface area contributed by atoms with E-state index < -0.39 is 10.0 Å². The van der Waals surface area contributed by atoms with Gasteiger partial charge in [0.05, 0.1) is 10.9 Å². The van der Waals surface area contributed by atoms with Crippen LogP contribution in [-0.2, 0) is 21.2 Å². The first-order valence-electron chi connectivity index (χ1n) is 8.96. The van der Waals surface area contributed by atoms with Crippen molar-refractivity contribution in [2.24, 2.45) is 5.92 Å². The summed E-state index contributed by atoms with van der Waals surface area (Å²) in [5.74, 6) is 0.481. The number of benzene rings is 2. The maximum atomic E-state index is 12.4. The van der Waals surface area contributed by atoms with E-state index in [-0.39, 0.29) is 16.8 Å². The lowest BCUT2D eigenvalue weighted by atomic mass is 10.0. The summed E-state index contributed by atoms with van der Waals surface area (Å²) >= 11 is 5.95. The Hall–Kier alpha value is -1.89. The predicted octanol–water partition coefficient (Wildman–Crippen LogP) is 3.45. The Balaban J connectivity index is 1.58. The second-order valence-electron chi connectivity index (χ2n) is 6.79. The third-order valence-corrected chi connectivity index (χ3v) is 6.46. The minimum Gasteiger partial charge on any atom is -0.349 e. The van der Waals surface area contributed by atoms with Crippen LogP contribution < -0.4 is 10.0 Å². The Kier molecular flexibility index (Phi) is 6.19. The second kappa shape index (κ2) is 8.42. The summed E-state index contributed by atoms with van der Waals surface area (Å²) in [6.45, 7) is 0. The van der Waals surface area contributed by atoms with E-state index in [0.717, 1.165) is 24.0 Å². The van der Waals surface area contributed by atoms with Crippen molar-refractivity contribution in [3.05, 3.63) is 64.7 Å². The number of carbonyl (C=O) groups excluding carboxylic acids is 1. The predicted molar refractivity (Wildman–Crippen MR) is 106 cm³/mol. The van der Waals surface area contributed by atoms with Gasteiger partial charge in [0.2, 0.25) is 15.9 Å².